The highest BCUT2D eigenvalue weighted by molar-refractivity contribution is 6.07. The van der Waals surface area contributed by atoms with Crippen molar-refractivity contribution in [1.29, 1.82) is 0 Å². The van der Waals surface area contributed by atoms with E-state index in [-0.39, 0.29) is 18.0 Å². The number of allylic oxidation sites excluding steroid dienone is 1. The summed E-state index contributed by atoms with van der Waals surface area (Å²) in [5.74, 6) is -1.63. The smallest absolute Gasteiger partial charge is 0.339 e. The third-order valence-corrected chi connectivity index (χ3v) is 8.28. The molecule has 0 radical (unpaired) electrons. The number of anilines is 2. The van der Waals surface area contributed by atoms with E-state index in [1.807, 2.05) is 36.4 Å². The molecule has 1 N–H and O–H groups in total. The van der Waals surface area contributed by atoms with Crippen molar-refractivity contribution in [3.05, 3.63) is 119 Å². The van der Waals surface area contributed by atoms with Crippen molar-refractivity contribution in [2.75, 3.05) is 23.4 Å². The van der Waals surface area contributed by atoms with Crippen LogP contribution in [0.1, 0.15) is 52.7 Å². The van der Waals surface area contributed by atoms with Gasteiger partial charge in [-0.15, -0.1) is 0 Å². The van der Waals surface area contributed by atoms with Gasteiger partial charge in [0.2, 0.25) is 0 Å². The Labute approximate surface area is 257 Å². The number of likely N-dealkylation sites (N-methyl/N-ethyl adjacent to an activating group) is 2. The fourth-order valence-electron chi connectivity index (χ4n) is 5.82. The Bertz CT molecular complexity index is 1810. The number of carbonyl (C=O) groups excluding carboxylic acids is 3. The summed E-state index contributed by atoms with van der Waals surface area (Å²) in [6.07, 6.45) is 0.462. The van der Waals surface area contributed by atoms with E-state index in [9.17, 15) is 27.6 Å². The van der Waals surface area contributed by atoms with Crippen LogP contribution in [0.3, 0.4) is 0 Å². The largest absolute Gasteiger partial charge is 0.416 e. The lowest BCUT2D eigenvalue weighted by Gasteiger charge is -2.38. The molecule has 2 aliphatic rings. The van der Waals surface area contributed by atoms with Crippen molar-refractivity contribution in [1.82, 2.24) is 15.1 Å². The molecule has 11 heteroatoms. The van der Waals surface area contributed by atoms with Gasteiger partial charge in [0.05, 0.1) is 17.4 Å². The Morgan fingerprint density at radius 3 is 2.42 bits per heavy atom. The average Bonchev–Trinajstić information content (AvgIpc) is 3.44. The van der Waals surface area contributed by atoms with Crippen molar-refractivity contribution in [2.45, 2.75) is 37.9 Å². The number of benzene rings is 3. The standard InChI is InChI=1S/C34H30F3N5O3/c1-3-41-31-27(20-38-42(31)25-15-5-4-6-16-25)28(22-12-9-17-26(19-22)40(2)32(44)21-10-7-11-21)29(33(41)45)39-30(43)23-13-8-14-24(18-23)34(35,36)37/h4-6,8-10,12-20,28-29H,3,7,11H2,1-2H3,(H,39,43)/t28-,29+/m0/s1. The number of halogens is 3. The highest BCUT2D eigenvalue weighted by Crippen LogP contribution is 2.42. The molecule has 3 aromatic carbocycles. The third kappa shape index (κ3) is 5.50. The molecule has 0 spiro atoms. The number of aromatic nitrogens is 2. The van der Waals surface area contributed by atoms with Gasteiger partial charge in [-0.1, -0.05) is 42.5 Å². The summed E-state index contributed by atoms with van der Waals surface area (Å²) < 4.78 is 42.0. The molecule has 2 heterocycles. The predicted molar refractivity (Wildman–Crippen MR) is 163 cm³/mol. The van der Waals surface area contributed by atoms with Crippen LogP contribution in [0.4, 0.5) is 24.7 Å². The highest BCUT2D eigenvalue weighted by Gasteiger charge is 2.44. The molecule has 0 unspecified atom stereocenters. The minimum atomic E-state index is -4.64. The Balaban J connectivity index is 1.46. The van der Waals surface area contributed by atoms with E-state index in [1.54, 1.807) is 54.0 Å². The SMILES string of the molecule is CCN1C(=O)[C@H](NC(=O)c2cccc(C(F)(F)F)c2)[C@@H](c2cccc(N(C)C(=O)C3=CCC3)c2)c2cnn(-c3ccccc3)c21. The van der Waals surface area contributed by atoms with Crippen LogP contribution >= 0.6 is 0 Å². The van der Waals surface area contributed by atoms with E-state index in [2.05, 4.69) is 10.4 Å². The van der Waals surface area contributed by atoms with E-state index >= 15 is 0 Å². The maximum atomic E-state index is 14.3. The van der Waals surface area contributed by atoms with Gasteiger partial charge in [0.25, 0.3) is 17.7 Å². The lowest BCUT2D eigenvalue weighted by atomic mass is 9.82. The number of hydrogen-bond acceptors (Lipinski definition) is 4. The molecule has 1 aliphatic carbocycles. The van der Waals surface area contributed by atoms with E-state index in [0.29, 0.717) is 29.1 Å². The molecule has 8 nitrogen and oxygen atoms in total. The van der Waals surface area contributed by atoms with Gasteiger partial charge >= 0.3 is 6.18 Å². The number of fused-ring (bicyclic) bond motifs is 1. The first kappa shape index (κ1) is 29.9. The average molecular weight is 614 g/mol. The van der Waals surface area contributed by atoms with Crippen LogP contribution in [0.5, 0.6) is 0 Å². The van der Waals surface area contributed by atoms with Gasteiger partial charge in [0, 0.05) is 41.9 Å². The van der Waals surface area contributed by atoms with Gasteiger partial charge in [-0.2, -0.15) is 18.3 Å². The number of nitrogens with one attached hydrogen (secondary N) is 1. The highest BCUT2D eigenvalue weighted by atomic mass is 19.4. The van der Waals surface area contributed by atoms with Crippen LogP contribution < -0.4 is 15.1 Å². The molecule has 1 aromatic heterocycles. The van der Waals surface area contributed by atoms with Gasteiger partial charge in [-0.3, -0.25) is 19.3 Å². The molecule has 0 bridgehead atoms. The second-order valence-electron chi connectivity index (χ2n) is 11.0. The minimum absolute atomic E-state index is 0.123. The summed E-state index contributed by atoms with van der Waals surface area (Å²) in [5, 5.41) is 7.38. The molecule has 45 heavy (non-hydrogen) atoms. The summed E-state index contributed by atoms with van der Waals surface area (Å²) in [6.45, 7) is 2.05. The summed E-state index contributed by atoms with van der Waals surface area (Å²) in [6, 6.07) is 19.4. The monoisotopic (exact) mass is 613 g/mol. The van der Waals surface area contributed by atoms with Gasteiger partial charge in [-0.25, -0.2) is 4.68 Å². The first-order valence-corrected chi connectivity index (χ1v) is 14.6. The first-order valence-electron chi connectivity index (χ1n) is 14.6. The Morgan fingerprint density at radius 2 is 1.76 bits per heavy atom. The Morgan fingerprint density at radius 1 is 1.02 bits per heavy atom. The molecule has 3 amide bonds. The maximum Gasteiger partial charge on any atom is 0.416 e. The minimum Gasteiger partial charge on any atom is -0.339 e. The fraction of sp³-hybridized carbons (Fsp3) is 0.235. The summed E-state index contributed by atoms with van der Waals surface area (Å²) in [7, 11) is 1.68. The summed E-state index contributed by atoms with van der Waals surface area (Å²) >= 11 is 0. The number of para-hydroxylation sites is 1. The number of hydrogen-bond donors (Lipinski definition) is 1. The zero-order valence-electron chi connectivity index (χ0n) is 24.6. The van der Waals surface area contributed by atoms with Crippen LogP contribution in [0.25, 0.3) is 5.69 Å². The van der Waals surface area contributed by atoms with Gasteiger partial charge in [-0.05, 0) is 67.8 Å². The first-order chi connectivity index (χ1) is 21.6. The molecule has 0 saturated heterocycles. The molecular formula is C34H30F3N5O3. The molecule has 0 saturated carbocycles. The van der Waals surface area contributed by atoms with Crippen molar-refractivity contribution >= 4 is 29.2 Å². The molecule has 230 valence electrons. The molecule has 0 fully saturated rings. The molecular weight excluding hydrogens is 583 g/mol. The quantitative estimate of drug-likeness (QED) is 0.283. The fourth-order valence-corrected chi connectivity index (χ4v) is 5.82. The summed E-state index contributed by atoms with van der Waals surface area (Å²) in [5.41, 5.74) is 2.12. The van der Waals surface area contributed by atoms with Crippen molar-refractivity contribution < 1.29 is 27.6 Å². The van der Waals surface area contributed by atoms with Gasteiger partial charge in [0.1, 0.15) is 11.9 Å². The lowest BCUT2D eigenvalue weighted by Crippen LogP contribution is -2.55. The topological polar surface area (TPSA) is 87.5 Å². The Hall–Kier alpha value is -5.19. The molecule has 4 aromatic rings. The van der Waals surface area contributed by atoms with E-state index in [0.717, 1.165) is 35.9 Å². The molecule has 1 aliphatic heterocycles. The normalized spacial score (nSPS) is 17.7. The van der Waals surface area contributed by atoms with E-state index in [1.165, 1.54) is 11.0 Å². The zero-order chi connectivity index (χ0) is 31.9. The third-order valence-electron chi connectivity index (χ3n) is 8.28. The van der Waals surface area contributed by atoms with Crippen LogP contribution in [-0.2, 0) is 15.8 Å². The number of nitrogens with zero attached hydrogens (tertiary/aromatic N) is 4. The maximum absolute atomic E-state index is 14.3. The molecule has 6 rings (SSSR count). The zero-order valence-corrected chi connectivity index (χ0v) is 24.6. The van der Waals surface area contributed by atoms with Crippen LogP contribution in [-0.4, -0.2) is 47.1 Å². The second-order valence-corrected chi connectivity index (χ2v) is 11.0. The van der Waals surface area contributed by atoms with Crippen LogP contribution in [0.15, 0.2) is 96.7 Å². The van der Waals surface area contributed by atoms with E-state index < -0.39 is 35.5 Å². The van der Waals surface area contributed by atoms with E-state index in [4.69, 9.17) is 0 Å². The van der Waals surface area contributed by atoms with Gasteiger partial charge < -0.3 is 10.2 Å². The number of carbonyl (C=O) groups is 3. The van der Waals surface area contributed by atoms with Crippen molar-refractivity contribution in [3.63, 3.8) is 0 Å². The summed E-state index contributed by atoms with van der Waals surface area (Å²) in [4.78, 5) is 43.8. The Kier molecular flexibility index (Phi) is 7.78. The second kappa shape index (κ2) is 11.7. The van der Waals surface area contributed by atoms with Crippen LogP contribution in [0.2, 0.25) is 0 Å². The predicted octanol–water partition coefficient (Wildman–Crippen LogP) is 5.87. The van der Waals surface area contributed by atoms with Crippen molar-refractivity contribution in [2.24, 2.45) is 0 Å². The van der Waals surface area contributed by atoms with Gasteiger partial charge in [0.15, 0.2) is 0 Å². The van der Waals surface area contributed by atoms with Crippen LogP contribution in [0, 0.1) is 0 Å². The number of rotatable bonds is 7. The number of alkyl halides is 3. The lowest BCUT2D eigenvalue weighted by molar-refractivity contribution is -0.137. The molecule has 2 atom stereocenters. The number of amides is 3. The van der Waals surface area contributed by atoms with Crippen molar-refractivity contribution in [3.8, 4) is 5.69 Å².